The molecule has 0 atom stereocenters. The topological polar surface area (TPSA) is 64.5 Å². The van der Waals surface area contributed by atoms with Crippen molar-refractivity contribution in [3.05, 3.63) is 152 Å². The summed E-state index contributed by atoms with van der Waals surface area (Å²) < 4.78 is 0. The quantitative estimate of drug-likeness (QED) is 0.209. The van der Waals surface area contributed by atoms with Gasteiger partial charge in [-0.1, -0.05) is 97.1 Å². The number of pyridine rings is 2. The molecule has 8 rings (SSSR count). The van der Waals surface area contributed by atoms with E-state index in [-0.39, 0.29) is 0 Å². The number of fused-ring (bicyclic) bond motifs is 2. The van der Waals surface area contributed by atoms with Crippen LogP contribution in [0.25, 0.3) is 78.0 Å². The lowest BCUT2D eigenvalue weighted by atomic mass is 9.97. The van der Waals surface area contributed by atoms with Gasteiger partial charge in [0.05, 0.1) is 0 Å². The van der Waals surface area contributed by atoms with Gasteiger partial charge in [0, 0.05) is 52.6 Å². The van der Waals surface area contributed by atoms with Crippen molar-refractivity contribution in [1.82, 2.24) is 24.9 Å². The van der Waals surface area contributed by atoms with Crippen LogP contribution in [0.5, 0.6) is 0 Å². The summed E-state index contributed by atoms with van der Waals surface area (Å²) in [5.74, 6) is 1.86. The van der Waals surface area contributed by atoms with Crippen LogP contribution in [0.1, 0.15) is 0 Å². The molecular formula is C39H25N5. The minimum absolute atomic E-state index is 0.599. The molecule has 0 unspecified atom stereocenters. The summed E-state index contributed by atoms with van der Waals surface area (Å²) >= 11 is 0. The molecule has 0 saturated heterocycles. The molecule has 0 aliphatic rings. The first kappa shape index (κ1) is 25.6. The van der Waals surface area contributed by atoms with Crippen molar-refractivity contribution in [2.75, 3.05) is 0 Å². The van der Waals surface area contributed by atoms with Gasteiger partial charge >= 0.3 is 0 Å². The number of nitrogens with zero attached hydrogens (tertiary/aromatic N) is 5. The second-order valence-electron chi connectivity index (χ2n) is 10.6. The van der Waals surface area contributed by atoms with Gasteiger partial charge in [-0.15, -0.1) is 0 Å². The maximum absolute atomic E-state index is 5.15. The second-order valence-corrected chi connectivity index (χ2v) is 10.6. The average Bonchev–Trinajstić information content (AvgIpc) is 3.11. The first-order valence-corrected chi connectivity index (χ1v) is 14.5. The van der Waals surface area contributed by atoms with Crippen molar-refractivity contribution in [3.8, 4) is 56.4 Å². The van der Waals surface area contributed by atoms with Crippen molar-refractivity contribution in [2.24, 2.45) is 0 Å². The lowest BCUT2D eigenvalue weighted by molar-refractivity contribution is 1.08. The molecule has 0 spiro atoms. The van der Waals surface area contributed by atoms with Gasteiger partial charge in [-0.2, -0.15) is 0 Å². The smallest absolute Gasteiger partial charge is 0.164 e. The maximum atomic E-state index is 5.15. The summed E-state index contributed by atoms with van der Waals surface area (Å²) in [6.45, 7) is 0. The fourth-order valence-electron chi connectivity index (χ4n) is 5.74. The Bertz CT molecular complexity index is 2120. The van der Waals surface area contributed by atoms with E-state index < -0.39 is 0 Å². The molecular weight excluding hydrogens is 538 g/mol. The summed E-state index contributed by atoms with van der Waals surface area (Å²) in [6.07, 6.45) is 7.33. The Morgan fingerprint density at radius 3 is 1.30 bits per heavy atom. The number of rotatable bonds is 5. The van der Waals surface area contributed by atoms with Gasteiger partial charge in [0.2, 0.25) is 0 Å². The van der Waals surface area contributed by atoms with Crippen LogP contribution < -0.4 is 0 Å². The van der Waals surface area contributed by atoms with Gasteiger partial charge in [0.15, 0.2) is 17.5 Å². The molecule has 0 saturated carbocycles. The first-order chi connectivity index (χ1) is 21.8. The normalized spacial score (nSPS) is 11.2. The van der Waals surface area contributed by atoms with Crippen LogP contribution >= 0.6 is 0 Å². The van der Waals surface area contributed by atoms with Crippen LogP contribution in [-0.2, 0) is 0 Å². The van der Waals surface area contributed by atoms with E-state index in [1.165, 1.54) is 0 Å². The van der Waals surface area contributed by atoms with E-state index in [1.54, 1.807) is 12.4 Å². The van der Waals surface area contributed by atoms with Crippen molar-refractivity contribution in [3.63, 3.8) is 0 Å². The Morgan fingerprint density at radius 2 is 0.795 bits per heavy atom. The van der Waals surface area contributed by atoms with Crippen LogP contribution in [0.2, 0.25) is 0 Å². The highest BCUT2D eigenvalue weighted by molar-refractivity contribution is 5.97. The fourth-order valence-corrected chi connectivity index (χ4v) is 5.74. The lowest BCUT2D eigenvalue weighted by Gasteiger charge is -2.13. The second kappa shape index (κ2) is 11.0. The van der Waals surface area contributed by atoms with Crippen molar-refractivity contribution in [1.29, 1.82) is 0 Å². The third-order valence-corrected chi connectivity index (χ3v) is 7.88. The Hall–Kier alpha value is -6.07. The highest BCUT2D eigenvalue weighted by atomic mass is 15.0. The number of aromatic nitrogens is 5. The van der Waals surface area contributed by atoms with E-state index in [2.05, 4.69) is 125 Å². The fraction of sp³-hybridized carbons (Fsp3) is 0. The minimum Gasteiger partial charge on any atom is -0.264 e. The monoisotopic (exact) mass is 563 g/mol. The molecule has 0 N–H and O–H groups in total. The van der Waals surface area contributed by atoms with Gasteiger partial charge in [0.25, 0.3) is 0 Å². The zero-order valence-electron chi connectivity index (χ0n) is 23.7. The number of hydrogen-bond acceptors (Lipinski definition) is 5. The van der Waals surface area contributed by atoms with Gasteiger partial charge < -0.3 is 0 Å². The molecule has 0 aliphatic carbocycles. The molecule has 0 amide bonds. The Kier molecular flexibility index (Phi) is 6.39. The van der Waals surface area contributed by atoms with E-state index in [9.17, 15) is 0 Å². The zero-order chi connectivity index (χ0) is 29.3. The van der Waals surface area contributed by atoms with Gasteiger partial charge in [-0.05, 0) is 63.0 Å². The van der Waals surface area contributed by atoms with E-state index >= 15 is 0 Å². The van der Waals surface area contributed by atoms with E-state index in [0.717, 1.165) is 60.5 Å². The summed E-state index contributed by atoms with van der Waals surface area (Å²) in [4.78, 5) is 24.2. The van der Waals surface area contributed by atoms with Crippen LogP contribution in [0.3, 0.4) is 0 Å². The zero-order valence-corrected chi connectivity index (χ0v) is 23.7. The predicted octanol–water partition coefficient (Wildman–Crippen LogP) is 9.30. The SMILES string of the molecule is c1cncc(-c2cc(-c3cccnc3)cc(-c3nc(-c4cccc5ccccc45)nc(-c4cccc5ccccc45)n3)c2)c1. The molecule has 5 nitrogen and oxygen atoms in total. The Balaban J connectivity index is 1.41. The summed E-state index contributed by atoms with van der Waals surface area (Å²) in [5, 5.41) is 4.46. The molecule has 0 bridgehead atoms. The average molecular weight is 564 g/mol. The molecule has 5 aromatic carbocycles. The van der Waals surface area contributed by atoms with Crippen molar-refractivity contribution < 1.29 is 0 Å². The van der Waals surface area contributed by atoms with Crippen LogP contribution in [0, 0.1) is 0 Å². The summed E-state index contributed by atoms with van der Waals surface area (Å²) in [6, 6.07) is 43.7. The Morgan fingerprint density at radius 1 is 0.341 bits per heavy atom. The molecule has 3 aromatic heterocycles. The highest BCUT2D eigenvalue weighted by Crippen LogP contribution is 2.35. The van der Waals surface area contributed by atoms with Gasteiger partial charge in [-0.3, -0.25) is 9.97 Å². The third-order valence-electron chi connectivity index (χ3n) is 7.88. The highest BCUT2D eigenvalue weighted by Gasteiger charge is 2.17. The van der Waals surface area contributed by atoms with Crippen molar-refractivity contribution in [2.45, 2.75) is 0 Å². The largest absolute Gasteiger partial charge is 0.264 e. The van der Waals surface area contributed by atoms with Gasteiger partial charge in [0.1, 0.15) is 0 Å². The van der Waals surface area contributed by atoms with Crippen LogP contribution in [0.15, 0.2) is 152 Å². The van der Waals surface area contributed by atoms with Crippen LogP contribution in [0.4, 0.5) is 0 Å². The Labute approximate surface area is 254 Å². The van der Waals surface area contributed by atoms with Crippen molar-refractivity contribution >= 4 is 21.5 Å². The third kappa shape index (κ3) is 4.76. The molecule has 0 aliphatic heterocycles. The van der Waals surface area contributed by atoms with Crippen LogP contribution in [-0.4, -0.2) is 24.9 Å². The molecule has 5 heteroatoms. The van der Waals surface area contributed by atoms with E-state index in [4.69, 9.17) is 15.0 Å². The molecule has 8 aromatic rings. The molecule has 3 heterocycles. The van der Waals surface area contributed by atoms with Gasteiger partial charge in [-0.25, -0.2) is 15.0 Å². The lowest BCUT2D eigenvalue weighted by Crippen LogP contribution is -2.01. The summed E-state index contributed by atoms with van der Waals surface area (Å²) in [7, 11) is 0. The van der Waals surface area contributed by atoms with E-state index in [0.29, 0.717) is 17.5 Å². The molecule has 0 fully saturated rings. The molecule has 0 radical (unpaired) electrons. The molecule has 206 valence electrons. The minimum atomic E-state index is 0.599. The predicted molar refractivity (Wildman–Crippen MR) is 178 cm³/mol. The maximum Gasteiger partial charge on any atom is 0.164 e. The number of hydrogen-bond donors (Lipinski definition) is 0. The number of benzene rings is 5. The molecule has 44 heavy (non-hydrogen) atoms. The van der Waals surface area contributed by atoms with E-state index in [1.807, 2.05) is 24.5 Å². The first-order valence-electron chi connectivity index (χ1n) is 14.5. The standard InChI is InChI=1S/C39H25N5/c1-3-15-33-26(9-1)11-5-17-35(33)38-42-37(43-39(44-38)36-18-6-12-27-10-2-4-16-34(27)36)32-22-30(28-13-7-19-40-24-28)21-31(23-32)29-14-8-20-41-25-29/h1-25H. The summed E-state index contributed by atoms with van der Waals surface area (Å²) in [5.41, 5.74) is 6.87.